The molecule has 0 spiro atoms. The van der Waals surface area contributed by atoms with E-state index in [2.05, 4.69) is 25.1 Å². The third kappa shape index (κ3) is 3.39. The molecule has 26 heavy (non-hydrogen) atoms. The van der Waals surface area contributed by atoms with Gasteiger partial charge in [-0.15, -0.1) is 0 Å². The van der Waals surface area contributed by atoms with Crippen LogP contribution in [-0.2, 0) is 0 Å². The number of piperazine rings is 1. The van der Waals surface area contributed by atoms with Gasteiger partial charge in [0.1, 0.15) is 5.69 Å². The minimum Gasteiger partial charge on any atom is -0.337 e. The Balaban J connectivity index is 1.42. The summed E-state index contributed by atoms with van der Waals surface area (Å²) in [6, 6.07) is 10.9. The summed E-state index contributed by atoms with van der Waals surface area (Å²) in [6.07, 6.45) is 3.45. The maximum Gasteiger partial charge on any atom is 0.272 e. The van der Waals surface area contributed by atoms with Crippen LogP contribution in [0.25, 0.3) is 11.3 Å². The first-order valence-electron chi connectivity index (χ1n) is 8.33. The molecule has 4 rings (SSSR count). The molecule has 0 radical (unpaired) electrons. The lowest BCUT2D eigenvalue weighted by Gasteiger charge is -2.34. The highest BCUT2D eigenvalue weighted by molar-refractivity contribution is 6.30. The molecule has 1 aliphatic heterocycles. The van der Waals surface area contributed by atoms with Gasteiger partial charge in [0.25, 0.3) is 5.91 Å². The zero-order chi connectivity index (χ0) is 17.9. The zero-order valence-corrected chi connectivity index (χ0v) is 14.7. The van der Waals surface area contributed by atoms with Gasteiger partial charge in [-0.1, -0.05) is 23.7 Å². The summed E-state index contributed by atoms with van der Waals surface area (Å²) < 4.78 is 0. The Morgan fingerprint density at radius 2 is 1.73 bits per heavy atom. The Morgan fingerprint density at radius 1 is 1.04 bits per heavy atom. The highest BCUT2D eigenvalue weighted by atomic mass is 35.5. The van der Waals surface area contributed by atoms with Crippen molar-refractivity contribution in [1.29, 1.82) is 0 Å². The molecule has 1 N–H and O–H groups in total. The predicted octanol–water partition coefficient (Wildman–Crippen LogP) is 2.48. The molecule has 0 unspecified atom stereocenters. The second-order valence-electron chi connectivity index (χ2n) is 6.00. The van der Waals surface area contributed by atoms with Crippen molar-refractivity contribution in [3.05, 3.63) is 59.5 Å². The van der Waals surface area contributed by atoms with E-state index >= 15 is 0 Å². The van der Waals surface area contributed by atoms with E-state index in [1.165, 1.54) is 0 Å². The Labute approximate surface area is 155 Å². The smallest absolute Gasteiger partial charge is 0.272 e. The maximum atomic E-state index is 12.7. The van der Waals surface area contributed by atoms with Gasteiger partial charge in [0.15, 0.2) is 0 Å². The van der Waals surface area contributed by atoms with Gasteiger partial charge in [-0.3, -0.25) is 9.89 Å². The predicted molar refractivity (Wildman–Crippen MR) is 99.2 cm³/mol. The van der Waals surface area contributed by atoms with Gasteiger partial charge in [-0.2, -0.15) is 5.10 Å². The molecule has 3 heterocycles. The number of carbonyl (C=O) groups excluding carboxylic acids is 1. The molecule has 8 heteroatoms. The number of nitrogens with zero attached hydrogens (tertiary/aromatic N) is 5. The largest absolute Gasteiger partial charge is 0.337 e. The molecule has 2 aromatic heterocycles. The number of hydrogen-bond acceptors (Lipinski definition) is 5. The van der Waals surface area contributed by atoms with Crippen molar-refractivity contribution < 1.29 is 4.79 Å². The molecule has 0 atom stereocenters. The van der Waals surface area contributed by atoms with Gasteiger partial charge in [-0.25, -0.2) is 9.97 Å². The third-order valence-electron chi connectivity index (χ3n) is 4.35. The van der Waals surface area contributed by atoms with Crippen molar-refractivity contribution in [3.8, 4) is 11.3 Å². The second-order valence-corrected chi connectivity index (χ2v) is 6.44. The highest BCUT2D eigenvalue weighted by Gasteiger charge is 2.24. The molecule has 1 fully saturated rings. The topological polar surface area (TPSA) is 78.0 Å². The van der Waals surface area contributed by atoms with E-state index in [1.54, 1.807) is 36.7 Å². The molecule has 1 saturated heterocycles. The van der Waals surface area contributed by atoms with Crippen molar-refractivity contribution in [1.82, 2.24) is 25.1 Å². The number of rotatable bonds is 3. The van der Waals surface area contributed by atoms with Gasteiger partial charge in [0.05, 0.1) is 5.69 Å². The minimum absolute atomic E-state index is 0.0497. The quantitative estimate of drug-likeness (QED) is 0.768. The summed E-state index contributed by atoms with van der Waals surface area (Å²) in [6.45, 7) is 2.64. The second kappa shape index (κ2) is 7.13. The fourth-order valence-corrected chi connectivity index (χ4v) is 3.06. The van der Waals surface area contributed by atoms with Crippen molar-refractivity contribution in [2.45, 2.75) is 0 Å². The van der Waals surface area contributed by atoms with E-state index in [1.807, 2.05) is 17.0 Å². The SMILES string of the molecule is O=C(c1cc(-c2ccc(Cl)cc2)n[nH]1)N1CCN(c2ncccn2)CC1. The number of carbonyl (C=O) groups is 1. The van der Waals surface area contributed by atoms with E-state index in [4.69, 9.17) is 11.6 Å². The number of hydrogen-bond donors (Lipinski definition) is 1. The summed E-state index contributed by atoms with van der Waals surface area (Å²) in [5.74, 6) is 0.650. The maximum absolute atomic E-state index is 12.7. The van der Waals surface area contributed by atoms with Crippen molar-refractivity contribution in [2.75, 3.05) is 31.1 Å². The van der Waals surface area contributed by atoms with Crippen LogP contribution in [0.1, 0.15) is 10.5 Å². The zero-order valence-electron chi connectivity index (χ0n) is 14.0. The number of halogens is 1. The van der Waals surface area contributed by atoms with Gasteiger partial charge in [0.2, 0.25) is 5.95 Å². The minimum atomic E-state index is -0.0497. The number of H-pyrrole nitrogens is 1. The Hall–Kier alpha value is -2.93. The van der Waals surface area contributed by atoms with Crippen molar-refractivity contribution >= 4 is 23.5 Å². The van der Waals surface area contributed by atoms with Gasteiger partial charge >= 0.3 is 0 Å². The Morgan fingerprint density at radius 3 is 2.42 bits per heavy atom. The Kier molecular flexibility index (Phi) is 4.53. The molecule has 1 amide bonds. The number of amides is 1. The first-order valence-corrected chi connectivity index (χ1v) is 8.71. The molecule has 1 aliphatic rings. The van der Waals surface area contributed by atoms with Crippen LogP contribution in [0, 0.1) is 0 Å². The van der Waals surface area contributed by atoms with Crippen LogP contribution in [0.15, 0.2) is 48.8 Å². The molecule has 1 aromatic carbocycles. The molecular weight excluding hydrogens is 352 g/mol. The van der Waals surface area contributed by atoms with Crippen LogP contribution in [0.2, 0.25) is 5.02 Å². The monoisotopic (exact) mass is 368 g/mol. The normalized spacial score (nSPS) is 14.5. The fourth-order valence-electron chi connectivity index (χ4n) is 2.93. The van der Waals surface area contributed by atoms with Crippen LogP contribution in [0.3, 0.4) is 0 Å². The molecule has 0 bridgehead atoms. The van der Waals surface area contributed by atoms with Crippen LogP contribution >= 0.6 is 11.6 Å². The lowest BCUT2D eigenvalue weighted by atomic mass is 10.1. The van der Waals surface area contributed by atoms with Crippen LogP contribution in [-0.4, -0.2) is 57.2 Å². The van der Waals surface area contributed by atoms with E-state index < -0.39 is 0 Å². The number of aromatic amines is 1. The number of anilines is 1. The third-order valence-corrected chi connectivity index (χ3v) is 4.60. The standard InChI is InChI=1S/C18H17ClN6O/c19-14-4-2-13(3-5-14)15-12-16(23-22-15)17(26)24-8-10-25(11-9-24)18-20-6-1-7-21-18/h1-7,12H,8-11H2,(H,22,23). The average Bonchev–Trinajstić information content (AvgIpc) is 3.19. The Bertz CT molecular complexity index is 888. The summed E-state index contributed by atoms with van der Waals surface area (Å²) in [5.41, 5.74) is 2.12. The lowest BCUT2D eigenvalue weighted by Crippen LogP contribution is -2.49. The first kappa shape index (κ1) is 16.5. The lowest BCUT2D eigenvalue weighted by molar-refractivity contribution is 0.0740. The van der Waals surface area contributed by atoms with Crippen LogP contribution in [0.4, 0.5) is 5.95 Å². The van der Waals surface area contributed by atoms with Gasteiger partial charge in [0, 0.05) is 49.2 Å². The summed E-state index contributed by atoms with van der Waals surface area (Å²) in [5, 5.41) is 7.76. The first-order chi connectivity index (χ1) is 12.7. The average molecular weight is 369 g/mol. The highest BCUT2D eigenvalue weighted by Crippen LogP contribution is 2.21. The van der Waals surface area contributed by atoms with Gasteiger partial charge in [-0.05, 0) is 24.3 Å². The van der Waals surface area contributed by atoms with E-state index in [-0.39, 0.29) is 5.91 Å². The van der Waals surface area contributed by atoms with Crippen molar-refractivity contribution in [2.24, 2.45) is 0 Å². The van der Waals surface area contributed by atoms with Gasteiger partial charge < -0.3 is 9.80 Å². The number of aromatic nitrogens is 4. The van der Waals surface area contributed by atoms with Crippen molar-refractivity contribution in [3.63, 3.8) is 0 Å². The fraction of sp³-hybridized carbons (Fsp3) is 0.222. The molecule has 3 aromatic rings. The molecule has 132 valence electrons. The molecule has 7 nitrogen and oxygen atoms in total. The van der Waals surface area contributed by atoms with Crippen LogP contribution < -0.4 is 4.90 Å². The van der Waals surface area contributed by atoms with E-state index in [0.717, 1.165) is 11.3 Å². The summed E-state index contributed by atoms with van der Waals surface area (Å²) >= 11 is 5.91. The number of benzene rings is 1. The van der Waals surface area contributed by atoms with E-state index in [0.29, 0.717) is 42.8 Å². The van der Waals surface area contributed by atoms with Crippen LogP contribution in [0.5, 0.6) is 0 Å². The number of nitrogens with one attached hydrogen (secondary N) is 1. The summed E-state index contributed by atoms with van der Waals surface area (Å²) in [4.78, 5) is 25.1. The molecule has 0 aliphatic carbocycles. The molecule has 0 saturated carbocycles. The molecular formula is C18H17ClN6O. The summed E-state index contributed by atoms with van der Waals surface area (Å²) in [7, 11) is 0. The van der Waals surface area contributed by atoms with E-state index in [9.17, 15) is 4.79 Å².